The number of thiophene rings is 3. The van der Waals surface area contributed by atoms with Crippen molar-refractivity contribution in [1.29, 1.82) is 0 Å². The number of carbonyl (C=O) groups is 1. The van der Waals surface area contributed by atoms with Gasteiger partial charge in [0.1, 0.15) is 9.96 Å². The van der Waals surface area contributed by atoms with Crippen molar-refractivity contribution in [3.63, 3.8) is 0 Å². The molecule has 1 amide bonds. The number of benzene rings is 1. The van der Waals surface area contributed by atoms with Crippen LogP contribution in [0.5, 0.6) is 5.75 Å². The summed E-state index contributed by atoms with van der Waals surface area (Å²) in [5, 5.41) is 5.84. The van der Waals surface area contributed by atoms with Crippen molar-refractivity contribution in [2.75, 3.05) is 13.7 Å². The molecule has 6 nitrogen and oxygen atoms in total. The molecule has 0 spiro atoms. The smallest absolute Gasteiger partial charge is 0.252 e. The largest absolute Gasteiger partial charge is 0.497 e. The Balaban J connectivity index is 1.34. The van der Waals surface area contributed by atoms with E-state index >= 15 is 0 Å². The monoisotopic (exact) mass is 588 g/mol. The molecule has 0 aliphatic heterocycles. The summed E-state index contributed by atoms with van der Waals surface area (Å²) in [7, 11) is -2.01. The number of hydrogen-bond acceptors (Lipinski definition) is 7. The van der Waals surface area contributed by atoms with Gasteiger partial charge >= 0.3 is 0 Å². The fraction of sp³-hybridized carbons (Fsp3) is 0.321. The van der Waals surface area contributed by atoms with Gasteiger partial charge in [-0.15, -0.1) is 34.0 Å². The van der Waals surface area contributed by atoms with Crippen LogP contribution in [-0.2, 0) is 34.5 Å². The van der Waals surface area contributed by atoms with E-state index in [0.717, 1.165) is 18.4 Å². The number of methoxy groups -OCH3 is 1. The molecule has 202 valence electrons. The van der Waals surface area contributed by atoms with Crippen molar-refractivity contribution in [1.82, 2.24) is 9.21 Å². The van der Waals surface area contributed by atoms with Crippen LogP contribution in [0, 0.1) is 0 Å². The Kier molecular flexibility index (Phi) is 10.5. The van der Waals surface area contributed by atoms with Gasteiger partial charge in [-0.25, -0.2) is 8.42 Å². The maximum atomic E-state index is 13.4. The summed E-state index contributed by atoms with van der Waals surface area (Å²) in [4.78, 5) is 17.4. The second-order valence-electron chi connectivity index (χ2n) is 8.84. The molecular weight excluding hydrogens is 557 g/mol. The minimum absolute atomic E-state index is 0.131. The molecule has 3 aromatic heterocycles. The first kappa shape index (κ1) is 28.5. The molecule has 0 aliphatic carbocycles. The van der Waals surface area contributed by atoms with Gasteiger partial charge in [0.05, 0.1) is 20.2 Å². The lowest BCUT2D eigenvalue weighted by Gasteiger charge is -2.23. The van der Waals surface area contributed by atoms with Crippen molar-refractivity contribution < 1.29 is 17.9 Å². The Labute approximate surface area is 237 Å². The minimum Gasteiger partial charge on any atom is -0.497 e. The molecule has 0 radical (unpaired) electrons. The van der Waals surface area contributed by atoms with Crippen molar-refractivity contribution >= 4 is 49.9 Å². The molecule has 0 fully saturated rings. The average molecular weight is 589 g/mol. The zero-order chi connectivity index (χ0) is 26.8. The predicted octanol–water partition coefficient (Wildman–Crippen LogP) is 6.86. The quantitative estimate of drug-likeness (QED) is 0.142. The molecule has 4 rings (SSSR count). The van der Waals surface area contributed by atoms with E-state index in [1.165, 1.54) is 25.4 Å². The second kappa shape index (κ2) is 14.0. The first-order valence-electron chi connectivity index (χ1n) is 12.4. The Bertz CT molecular complexity index is 1320. The van der Waals surface area contributed by atoms with E-state index in [-0.39, 0.29) is 12.5 Å². The molecular formula is C28H32N2O4S4. The van der Waals surface area contributed by atoms with Crippen molar-refractivity contribution in [2.24, 2.45) is 0 Å². The second-order valence-corrected chi connectivity index (χ2v) is 14.0. The van der Waals surface area contributed by atoms with Gasteiger partial charge in [-0.05, 0) is 64.9 Å². The highest BCUT2D eigenvalue weighted by molar-refractivity contribution is 7.91. The third-order valence-electron chi connectivity index (χ3n) is 6.09. The highest BCUT2D eigenvalue weighted by atomic mass is 32.2. The summed E-state index contributed by atoms with van der Waals surface area (Å²) < 4.78 is 33.9. The minimum atomic E-state index is -3.61. The normalized spacial score (nSPS) is 11.6. The standard InChI is InChI=1S/C28H32N2O4S4/c1-34-24-10-5-9-23(19-24)20-30(38(32,33)28-14-8-18-37-28)15-4-2-3-13-27(31)29(21-25-11-6-16-35-25)22-26-12-7-17-36-26/h5-12,14,16-19H,2-4,13,15,20-22H2,1H3. The number of carbonyl (C=O) groups excluding carboxylic acids is 1. The topological polar surface area (TPSA) is 66.9 Å². The van der Waals surface area contributed by atoms with Gasteiger partial charge < -0.3 is 9.64 Å². The number of ether oxygens (including phenoxy) is 1. The van der Waals surface area contributed by atoms with Crippen LogP contribution in [0.1, 0.15) is 41.0 Å². The molecule has 3 heterocycles. The summed E-state index contributed by atoms with van der Waals surface area (Å²) in [6.45, 7) is 1.88. The van der Waals surface area contributed by atoms with Crippen LogP contribution < -0.4 is 4.74 Å². The first-order valence-corrected chi connectivity index (χ1v) is 16.5. The highest BCUT2D eigenvalue weighted by Gasteiger charge is 2.25. The van der Waals surface area contributed by atoms with E-state index in [9.17, 15) is 13.2 Å². The molecule has 1 aromatic carbocycles. The third kappa shape index (κ3) is 8.00. The third-order valence-corrected chi connectivity index (χ3v) is 11.0. The Morgan fingerprint density at radius 1 is 0.816 bits per heavy atom. The maximum absolute atomic E-state index is 13.4. The van der Waals surface area contributed by atoms with Crippen LogP contribution in [-0.4, -0.2) is 37.2 Å². The van der Waals surface area contributed by atoms with Crippen molar-refractivity contribution in [2.45, 2.75) is 49.5 Å². The Morgan fingerprint density at radius 3 is 2.11 bits per heavy atom. The van der Waals surface area contributed by atoms with Gasteiger partial charge in [-0.3, -0.25) is 4.79 Å². The molecule has 0 bridgehead atoms. The molecule has 38 heavy (non-hydrogen) atoms. The number of unbranched alkanes of at least 4 members (excludes halogenated alkanes) is 2. The maximum Gasteiger partial charge on any atom is 0.252 e. The average Bonchev–Trinajstić information content (AvgIpc) is 3.72. The lowest BCUT2D eigenvalue weighted by atomic mass is 10.1. The summed E-state index contributed by atoms with van der Waals surface area (Å²) >= 11 is 4.55. The number of rotatable bonds is 15. The molecule has 0 saturated carbocycles. The summed E-state index contributed by atoms with van der Waals surface area (Å²) in [6, 6.07) is 19.0. The van der Waals surface area contributed by atoms with E-state index < -0.39 is 10.0 Å². The molecule has 0 unspecified atom stereocenters. The zero-order valence-electron chi connectivity index (χ0n) is 21.3. The lowest BCUT2D eigenvalue weighted by Crippen LogP contribution is -2.31. The van der Waals surface area contributed by atoms with Gasteiger partial charge in [0.2, 0.25) is 5.91 Å². The molecule has 10 heteroatoms. The van der Waals surface area contributed by atoms with Crippen LogP contribution in [0.25, 0.3) is 0 Å². The fourth-order valence-electron chi connectivity index (χ4n) is 4.11. The van der Waals surface area contributed by atoms with Crippen LogP contribution >= 0.6 is 34.0 Å². The molecule has 4 aromatic rings. The van der Waals surface area contributed by atoms with Crippen LogP contribution in [0.3, 0.4) is 0 Å². The van der Waals surface area contributed by atoms with E-state index in [1.807, 2.05) is 52.1 Å². The number of hydrogen-bond donors (Lipinski definition) is 0. The van der Waals surface area contributed by atoms with E-state index in [2.05, 4.69) is 12.1 Å². The number of sulfonamides is 1. The van der Waals surface area contributed by atoms with Gasteiger partial charge in [0.25, 0.3) is 10.0 Å². The number of nitrogens with zero attached hydrogens (tertiary/aromatic N) is 2. The summed E-state index contributed by atoms with van der Waals surface area (Å²) in [6.07, 6.45) is 2.62. The van der Waals surface area contributed by atoms with Gasteiger partial charge in [-0.1, -0.05) is 36.8 Å². The molecule has 0 N–H and O–H groups in total. The summed E-state index contributed by atoms with van der Waals surface area (Å²) in [5.41, 5.74) is 0.873. The van der Waals surface area contributed by atoms with E-state index in [0.29, 0.717) is 42.4 Å². The fourth-order valence-corrected chi connectivity index (χ4v) is 8.16. The van der Waals surface area contributed by atoms with Crippen LogP contribution in [0.15, 0.2) is 81.0 Å². The van der Waals surface area contributed by atoms with Gasteiger partial charge in [0.15, 0.2) is 0 Å². The summed E-state index contributed by atoms with van der Waals surface area (Å²) in [5.74, 6) is 0.829. The van der Waals surface area contributed by atoms with Gasteiger partial charge in [-0.2, -0.15) is 4.31 Å². The van der Waals surface area contributed by atoms with Crippen molar-refractivity contribution in [3.05, 3.63) is 92.1 Å². The number of amides is 1. The zero-order valence-corrected chi connectivity index (χ0v) is 24.6. The lowest BCUT2D eigenvalue weighted by molar-refractivity contribution is -0.132. The van der Waals surface area contributed by atoms with Crippen LogP contribution in [0.2, 0.25) is 0 Å². The van der Waals surface area contributed by atoms with Crippen molar-refractivity contribution in [3.8, 4) is 5.75 Å². The van der Waals surface area contributed by atoms with E-state index in [4.69, 9.17) is 4.74 Å². The van der Waals surface area contributed by atoms with Crippen LogP contribution in [0.4, 0.5) is 0 Å². The molecule has 0 saturated heterocycles. The Hall–Kier alpha value is -2.50. The van der Waals surface area contributed by atoms with E-state index in [1.54, 1.807) is 47.3 Å². The predicted molar refractivity (Wildman–Crippen MR) is 156 cm³/mol. The first-order chi connectivity index (χ1) is 18.5. The SMILES string of the molecule is COc1cccc(CN(CCCCCC(=O)N(Cc2cccs2)Cc2cccs2)S(=O)(=O)c2cccs2)c1. The molecule has 0 atom stereocenters. The van der Waals surface area contributed by atoms with Gasteiger partial charge in [0, 0.05) is 29.3 Å². The Morgan fingerprint density at radius 2 is 1.50 bits per heavy atom. The highest BCUT2D eigenvalue weighted by Crippen LogP contribution is 2.25. The molecule has 0 aliphatic rings.